The monoisotopic (exact) mass is 225 g/mol. The van der Waals surface area contributed by atoms with Crippen molar-refractivity contribution >= 4 is 0 Å². The molecule has 3 nitrogen and oxygen atoms in total. The molecule has 0 spiro atoms. The summed E-state index contributed by atoms with van der Waals surface area (Å²) in [5.41, 5.74) is 6.08. The zero-order chi connectivity index (χ0) is 11.5. The Kier molecular flexibility index (Phi) is 4.22. The molecule has 1 saturated carbocycles. The number of hydrogen-bond acceptors (Lipinski definition) is 3. The highest BCUT2D eigenvalue weighted by Crippen LogP contribution is 2.25. The molecule has 3 unspecified atom stereocenters. The molecule has 0 aromatic carbocycles. The SMILES string of the molecule is CN1CCCC(N(C)C2CCCC(N)C2)C1. The van der Waals surface area contributed by atoms with E-state index in [0.717, 1.165) is 12.1 Å². The summed E-state index contributed by atoms with van der Waals surface area (Å²) in [6.07, 6.45) is 7.83. The fraction of sp³-hybridized carbons (Fsp3) is 1.00. The number of nitrogens with zero attached hydrogens (tertiary/aromatic N) is 2. The second-order valence-electron chi connectivity index (χ2n) is 5.80. The number of likely N-dealkylation sites (tertiary alicyclic amines) is 1. The Morgan fingerprint density at radius 3 is 2.56 bits per heavy atom. The van der Waals surface area contributed by atoms with Gasteiger partial charge in [0.05, 0.1) is 0 Å². The Morgan fingerprint density at radius 2 is 1.88 bits per heavy atom. The van der Waals surface area contributed by atoms with Crippen LogP contribution in [0.3, 0.4) is 0 Å². The minimum absolute atomic E-state index is 0.447. The van der Waals surface area contributed by atoms with Crippen LogP contribution in [0.4, 0.5) is 0 Å². The molecule has 94 valence electrons. The lowest BCUT2D eigenvalue weighted by Crippen LogP contribution is -2.51. The third kappa shape index (κ3) is 2.96. The van der Waals surface area contributed by atoms with Crippen LogP contribution in [-0.2, 0) is 0 Å². The van der Waals surface area contributed by atoms with Crippen LogP contribution in [0.25, 0.3) is 0 Å². The smallest absolute Gasteiger partial charge is 0.0223 e. The van der Waals surface area contributed by atoms with E-state index >= 15 is 0 Å². The van der Waals surface area contributed by atoms with E-state index in [0.29, 0.717) is 6.04 Å². The van der Waals surface area contributed by atoms with Crippen molar-refractivity contribution in [3.05, 3.63) is 0 Å². The molecule has 1 saturated heterocycles. The summed E-state index contributed by atoms with van der Waals surface area (Å²) in [6.45, 7) is 2.51. The molecule has 0 aromatic rings. The maximum atomic E-state index is 6.08. The van der Waals surface area contributed by atoms with E-state index < -0.39 is 0 Å². The lowest BCUT2D eigenvalue weighted by molar-refractivity contribution is 0.0776. The third-order valence-corrected chi connectivity index (χ3v) is 4.44. The highest BCUT2D eigenvalue weighted by atomic mass is 15.2. The molecular weight excluding hydrogens is 198 g/mol. The molecule has 1 aliphatic carbocycles. The fourth-order valence-electron chi connectivity index (χ4n) is 3.34. The molecule has 2 fully saturated rings. The first-order valence-electron chi connectivity index (χ1n) is 6.83. The number of hydrogen-bond donors (Lipinski definition) is 1. The van der Waals surface area contributed by atoms with Gasteiger partial charge in [-0.05, 0) is 52.7 Å². The molecule has 0 bridgehead atoms. The quantitative estimate of drug-likeness (QED) is 0.768. The summed E-state index contributed by atoms with van der Waals surface area (Å²) in [4.78, 5) is 5.09. The molecule has 2 aliphatic rings. The first kappa shape index (κ1) is 12.3. The van der Waals surface area contributed by atoms with Crippen LogP contribution in [0.15, 0.2) is 0 Å². The topological polar surface area (TPSA) is 32.5 Å². The van der Waals surface area contributed by atoms with Crippen LogP contribution in [0.2, 0.25) is 0 Å². The van der Waals surface area contributed by atoms with Crippen molar-refractivity contribution in [1.82, 2.24) is 9.80 Å². The van der Waals surface area contributed by atoms with Crippen molar-refractivity contribution in [1.29, 1.82) is 0 Å². The van der Waals surface area contributed by atoms with E-state index in [1.807, 2.05) is 0 Å². The van der Waals surface area contributed by atoms with Crippen molar-refractivity contribution in [2.24, 2.45) is 5.73 Å². The zero-order valence-corrected chi connectivity index (χ0v) is 10.9. The van der Waals surface area contributed by atoms with E-state index in [1.165, 1.54) is 51.6 Å². The average molecular weight is 225 g/mol. The summed E-state index contributed by atoms with van der Waals surface area (Å²) in [5.74, 6) is 0. The molecule has 1 heterocycles. The first-order valence-corrected chi connectivity index (χ1v) is 6.83. The van der Waals surface area contributed by atoms with Crippen molar-refractivity contribution in [2.45, 2.75) is 56.7 Å². The van der Waals surface area contributed by atoms with Gasteiger partial charge in [0, 0.05) is 24.7 Å². The summed E-state index contributed by atoms with van der Waals surface area (Å²) >= 11 is 0. The largest absolute Gasteiger partial charge is 0.328 e. The summed E-state index contributed by atoms with van der Waals surface area (Å²) in [5, 5.41) is 0. The molecule has 3 atom stereocenters. The van der Waals surface area contributed by atoms with E-state index in [-0.39, 0.29) is 0 Å². The second kappa shape index (κ2) is 5.48. The van der Waals surface area contributed by atoms with Crippen molar-refractivity contribution in [2.75, 3.05) is 27.2 Å². The minimum atomic E-state index is 0.447. The number of nitrogens with two attached hydrogens (primary N) is 1. The van der Waals surface area contributed by atoms with Crippen molar-refractivity contribution < 1.29 is 0 Å². The van der Waals surface area contributed by atoms with Crippen LogP contribution in [-0.4, -0.2) is 55.1 Å². The van der Waals surface area contributed by atoms with Gasteiger partial charge in [0.15, 0.2) is 0 Å². The van der Waals surface area contributed by atoms with Crippen LogP contribution in [0.1, 0.15) is 38.5 Å². The van der Waals surface area contributed by atoms with Crippen molar-refractivity contribution in [3.63, 3.8) is 0 Å². The molecule has 3 heteroatoms. The Hall–Kier alpha value is -0.120. The maximum absolute atomic E-state index is 6.08. The Balaban J connectivity index is 1.87. The second-order valence-corrected chi connectivity index (χ2v) is 5.80. The summed E-state index contributed by atoms with van der Waals surface area (Å²) in [7, 11) is 4.55. The number of likely N-dealkylation sites (N-methyl/N-ethyl adjacent to an activating group) is 2. The standard InChI is InChI=1S/C13H27N3/c1-15-8-4-7-13(10-15)16(2)12-6-3-5-11(14)9-12/h11-13H,3-10,14H2,1-2H3. The third-order valence-electron chi connectivity index (χ3n) is 4.44. The molecule has 0 amide bonds. The van der Waals surface area contributed by atoms with Gasteiger partial charge in [-0.2, -0.15) is 0 Å². The number of piperidine rings is 1. The lowest BCUT2D eigenvalue weighted by atomic mass is 9.89. The van der Waals surface area contributed by atoms with Gasteiger partial charge in [0.25, 0.3) is 0 Å². The molecule has 2 rings (SSSR count). The normalized spacial score (nSPS) is 37.9. The maximum Gasteiger partial charge on any atom is 0.0223 e. The predicted molar refractivity (Wildman–Crippen MR) is 68.5 cm³/mol. The Bertz CT molecular complexity index is 197. The van der Waals surface area contributed by atoms with Gasteiger partial charge in [-0.1, -0.05) is 6.42 Å². The van der Waals surface area contributed by atoms with Gasteiger partial charge in [-0.15, -0.1) is 0 Å². The van der Waals surface area contributed by atoms with Crippen molar-refractivity contribution in [3.8, 4) is 0 Å². The Labute approximate surface area is 100.0 Å². The molecule has 2 N–H and O–H groups in total. The molecular formula is C13H27N3. The van der Waals surface area contributed by atoms with E-state index in [1.54, 1.807) is 0 Å². The highest BCUT2D eigenvalue weighted by Gasteiger charge is 2.29. The highest BCUT2D eigenvalue weighted by molar-refractivity contribution is 4.86. The predicted octanol–water partition coefficient (Wildman–Crippen LogP) is 1.28. The molecule has 1 aliphatic heterocycles. The van der Waals surface area contributed by atoms with Gasteiger partial charge >= 0.3 is 0 Å². The molecule has 0 aromatic heterocycles. The van der Waals surface area contributed by atoms with E-state index in [4.69, 9.17) is 5.73 Å². The van der Waals surface area contributed by atoms with Gasteiger partial charge in [0.1, 0.15) is 0 Å². The Morgan fingerprint density at radius 1 is 1.12 bits per heavy atom. The number of rotatable bonds is 2. The van der Waals surface area contributed by atoms with Gasteiger partial charge in [-0.3, -0.25) is 4.90 Å². The first-order chi connectivity index (χ1) is 7.66. The van der Waals surface area contributed by atoms with E-state index in [9.17, 15) is 0 Å². The van der Waals surface area contributed by atoms with E-state index in [2.05, 4.69) is 23.9 Å². The minimum Gasteiger partial charge on any atom is -0.328 e. The van der Waals surface area contributed by atoms with Gasteiger partial charge in [0.2, 0.25) is 0 Å². The fourth-order valence-corrected chi connectivity index (χ4v) is 3.34. The lowest BCUT2D eigenvalue weighted by Gasteiger charge is -2.42. The average Bonchev–Trinajstić information content (AvgIpc) is 2.28. The molecule has 0 radical (unpaired) electrons. The van der Waals surface area contributed by atoms with Crippen LogP contribution < -0.4 is 5.73 Å². The summed E-state index contributed by atoms with van der Waals surface area (Å²) in [6, 6.07) is 1.94. The van der Waals surface area contributed by atoms with Crippen LogP contribution in [0.5, 0.6) is 0 Å². The zero-order valence-electron chi connectivity index (χ0n) is 10.9. The van der Waals surface area contributed by atoms with Gasteiger partial charge < -0.3 is 10.6 Å². The van der Waals surface area contributed by atoms with Crippen LogP contribution in [0, 0.1) is 0 Å². The van der Waals surface area contributed by atoms with Gasteiger partial charge in [-0.25, -0.2) is 0 Å². The van der Waals surface area contributed by atoms with Crippen LogP contribution >= 0.6 is 0 Å². The summed E-state index contributed by atoms with van der Waals surface area (Å²) < 4.78 is 0. The molecule has 16 heavy (non-hydrogen) atoms.